The van der Waals surface area contributed by atoms with Crippen molar-refractivity contribution in [1.82, 2.24) is 0 Å². The maximum atomic E-state index is 10.5. The zero-order valence-electron chi connectivity index (χ0n) is 8.81. The molecule has 0 saturated heterocycles. The Balaban J connectivity index is 2.72. The number of anilines is 1. The molecule has 0 heterocycles. The molecule has 1 aromatic rings. The SMILES string of the molecule is CC(CO)CNc1ccc([N+](=O)[O-])cc1I. The predicted molar refractivity (Wildman–Crippen MR) is 70.6 cm³/mol. The van der Waals surface area contributed by atoms with Crippen LogP contribution in [0.1, 0.15) is 6.92 Å². The fraction of sp³-hybridized carbons (Fsp3) is 0.400. The minimum Gasteiger partial charge on any atom is -0.396 e. The second-order valence-electron chi connectivity index (χ2n) is 3.59. The fourth-order valence-electron chi connectivity index (χ4n) is 1.11. The van der Waals surface area contributed by atoms with Crippen LogP contribution in [0.3, 0.4) is 0 Å². The van der Waals surface area contributed by atoms with Crippen LogP contribution < -0.4 is 5.32 Å². The molecule has 0 saturated carbocycles. The molecule has 0 radical (unpaired) electrons. The van der Waals surface area contributed by atoms with Crippen LogP contribution in [0.2, 0.25) is 0 Å². The first-order valence-electron chi connectivity index (χ1n) is 4.83. The van der Waals surface area contributed by atoms with Gasteiger partial charge in [0, 0.05) is 34.5 Å². The van der Waals surface area contributed by atoms with E-state index in [0.29, 0.717) is 6.54 Å². The number of non-ortho nitro benzene ring substituents is 1. The standard InChI is InChI=1S/C10H13IN2O3/c1-7(6-14)5-12-10-3-2-8(13(15)16)4-9(10)11/h2-4,7,12,14H,5-6H2,1H3. The van der Waals surface area contributed by atoms with E-state index in [1.54, 1.807) is 6.07 Å². The van der Waals surface area contributed by atoms with Crippen LogP contribution in [0, 0.1) is 19.6 Å². The van der Waals surface area contributed by atoms with Crippen LogP contribution in [0.4, 0.5) is 11.4 Å². The molecule has 0 bridgehead atoms. The molecule has 0 spiro atoms. The van der Waals surface area contributed by atoms with Gasteiger partial charge in [-0.2, -0.15) is 0 Å². The van der Waals surface area contributed by atoms with Gasteiger partial charge in [0.1, 0.15) is 0 Å². The second kappa shape index (κ2) is 6.00. The molecule has 0 fully saturated rings. The molecule has 6 heteroatoms. The van der Waals surface area contributed by atoms with Gasteiger partial charge in [-0.05, 0) is 34.6 Å². The normalized spacial score (nSPS) is 12.2. The Hall–Kier alpha value is -0.890. The summed E-state index contributed by atoms with van der Waals surface area (Å²) in [5.41, 5.74) is 0.941. The number of aliphatic hydroxyl groups excluding tert-OH is 1. The van der Waals surface area contributed by atoms with Crippen LogP contribution in [0.15, 0.2) is 18.2 Å². The number of benzene rings is 1. The molecule has 2 N–H and O–H groups in total. The lowest BCUT2D eigenvalue weighted by molar-refractivity contribution is -0.384. The zero-order valence-corrected chi connectivity index (χ0v) is 11.0. The highest BCUT2D eigenvalue weighted by Gasteiger charge is 2.09. The third kappa shape index (κ3) is 3.60. The summed E-state index contributed by atoms with van der Waals surface area (Å²) in [6, 6.07) is 4.67. The minimum absolute atomic E-state index is 0.0881. The number of nitrogens with one attached hydrogen (secondary N) is 1. The van der Waals surface area contributed by atoms with E-state index < -0.39 is 4.92 Å². The van der Waals surface area contributed by atoms with Crippen molar-refractivity contribution in [3.8, 4) is 0 Å². The molecular weight excluding hydrogens is 323 g/mol. The number of nitrogens with zero attached hydrogens (tertiary/aromatic N) is 1. The van der Waals surface area contributed by atoms with Gasteiger partial charge in [0.25, 0.3) is 5.69 Å². The van der Waals surface area contributed by atoms with Gasteiger partial charge in [0.05, 0.1) is 4.92 Å². The summed E-state index contributed by atoms with van der Waals surface area (Å²) in [7, 11) is 0. The van der Waals surface area contributed by atoms with E-state index in [1.165, 1.54) is 12.1 Å². The molecule has 1 atom stereocenters. The smallest absolute Gasteiger partial charge is 0.270 e. The number of aliphatic hydroxyl groups is 1. The molecule has 1 aromatic carbocycles. The summed E-state index contributed by atoms with van der Waals surface area (Å²) in [6.45, 7) is 2.69. The lowest BCUT2D eigenvalue weighted by atomic mass is 10.2. The number of nitro benzene ring substituents is 1. The molecule has 1 unspecified atom stereocenters. The van der Waals surface area contributed by atoms with E-state index >= 15 is 0 Å². The van der Waals surface area contributed by atoms with E-state index in [-0.39, 0.29) is 18.2 Å². The summed E-state index contributed by atoms with van der Waals surface area (Å²) >= 11 is 2.05. The molecule has 0 amide bonds. The van der Waals surface area contributed by atoms with Crippen molar-refractivity contribution in [2.24, 2.45) is 5.92 Å². The lowest BCUT2D eigenvalue weighted by Gasteiger charge is -2.11. The van der Waals surface area contributed by atoms with Gasteiger partial charge in [0.2, 0.25) is 0 Å². The van der Waals surface area contributed by atoms with E-state index in [4.69, 9.17) is 5.11 Å². The van der Waals surface area contributed by atoms with E-state index in [2.05, 4.69) is 5.32 Å². The number of nitro groups is 1. The van der Waals surface area contributed by atoms with Gasteiger partial charge in [-0.25, -0.2) is 0 Å². The molecule has 16 heavy (non-hydrogen) atoms. The van der Waals surface area contributed by atoms with Crippen LogP contribution in [0.25, 0.3) is 0 Å². The van der Waals surface area contributed by atoms with Crippen molar-refractivity contribution < 1.29 is 10.0 Å². The highest BCUT2D eigenvalue weighted by atomic mass is 127. The Morgan fingerprint density at radius 3 is 2.81 bits per heavy atom. The van der Waals surface area contributed by atoms with Crippen molar-refractivity contribution in [1.29, 1.82) is 0 Å². The number of hydrogen-bond donors (Lipinski definition) is 2. The third-order valence-electron chi connectivity index (χ3n) is 2.12. The second-order valence-corrected chi connectivity index (χ2v) is 4.75. The average Bonchev–Trinajstić information content (AvgIpc) is 2.26. The van der Waals surface area contributed by atoms with Crippen molar-refractivity contribution in [2.45, 2.75) is 6.92 Å². The molecule has 5 nitrogen and oxygen atoms in total. The van der Waals surface area contributed by atoms with Crippen molar-refractivity contribution >= 4 is 34.0 Å². The maximum absolute atomic E-state index is 10.5. The monoisotopic (exact) mass is 336 g/mol. The third-order valence-corrected chi connectivity index (χ3v) is 3.01. The molecular formula is C10H13IN2O3. The van der Waals surface area contributed by atoms with E-state index in [1.807, 2.05) is 29.5 Å². The summed E-state index contributed by atoms with van der Waals surface area (Å²) in [6.07, 6.45) is 0. The summed E-state index contributed by atoms with van der Waals surface area (Å²) in [4.78, 5) is 10.1. The molecule has 88 valence electrons. The first-order valence-corrected chi connectivity index (χ1v) is 5.91. The molecule has 0 aromatic heterocycles. The molecule has 0 aliphatic heterocycles. The molecule has 0 aliphatic carbocycles. The van der Waals surface area contributed by atoms with E-state index in [9.17, 15) is 10.1 Å². The van der Waals surface area contributed by atoms with Crippen molar-refractivity contribution in [3.05, 3.63) is 31.9 Å². The Bertz CT molecular complexity index is 384. The quantitative estimate of drug-likeness (QED) is 0.491. The zero-order chi connectivity index (χ0) is 12.1. The number of hydrogen-bond acceptors (Lipinski definition) is 4. The topological polar surface area (TPSA) is 75.4 Å². The predicted octanol–water partition coefficient (Wildman–Crippen LogP) is 2.24. The van der Waals surface area contributed by atoms with Crippen LogP contribution in [-0.2, 0) is 0 Å². The Kier molecular flexibility index (Phi) is 4.94. The van der Waals surface area contributed by atoms with Gasteiger partial charge in [-0.3, -0.25) is 10.1 Å². The molecule has 0 aliphatic rings. The summed E-state index contributed by atoms with van der Waals surface area (Å²) < 4.78 is 0.803. The minimum atomic E-state index is -0.414. The van der Waals surface area contributed by atoms with Gasteiger partial charge < -0.3 is 10.4 Å². The number of rotatable bonds is 5. The maximum Gasteiger partial charge on any atom is 0.270 e. The molecule has 1 rings (SSSR count). The first kappa shape index (κ1) is 13.2. The van der Waals surface area contributed by atoms with Gasteiger partial charge >= 0.3 is 0 Å². The Morgan fingerprint density at radius 2 is 2.31 bits per heavy atom. The van der Waals surface area contributed by atoms with E-state index in [0.717, 1.165) is 9.26 Å². The largest absolute Gasteiger partial charge is 0.396 e. The van der Waals surface area contributed by atoms with Gasteiger partial charge in [0.15, 0.2) is 0 Å². The first-order chi connectivity index (χ1) is 7.54. The van der Waals surface area contributed by atoms with Crippen molar-refractivity contribution in [2.75, 3.05) is 18.5 Å². The van der Waals surface area contributed by atoms with Gasteiger partial charge in [-0.15, -0.1) is 0 Å². The number of halogens is 1. The highest BCUT2D eigenvalue weighted by Crippen LogP contribution is 2.23. The fourth-order valence-corrected chi connectivity index (χ4v) is 1.80. The summed E-state index contributed by atoms with van der Waals surface area (Å²) in [5, 5.41) is 22.5. The Morgan fingerprint density at radius 1 is 1.62 bits per heavy atom. The highest BCUT2D eigenvalue weighted by molar-refractivity contribution is 14.1. The summed E-state index contributed by atoms with van der Waals surface area (Å²) in [5.74, 6) is 0.158. The van der Waals surface area contributed by atoms with Crippen LogP contribution in [-0.4, -0.2) is 23.2 Å². The van der Waals surface area contributed by atoms with Crippen LogP contribution in [0.5, 0.6) is 0 Å². The van der Waals surface area contributed by atoms with Gasteiger partial charge in [-0.1, -0.05) is 6.92 Å². The Labute approximate surface area is 107 Å². The van der Waals surface area contributed by atoms with Crippen LogP contribution >= 0.6 is 22.6 Å². The lowest BCUT2D eigenvalue weighted by Crippen LogP contribution is -2.15. The average molecular weight is 336 g/mol. The van der Waals surface area contributed by atoms with Crippen molar-refractivity contribution in [3.63, 3.8) is 0 Å².